The number of rotatable bonds is 5. The zero-order valence-electron chi connectivity index (χ0n) is 12.7. The smallest absolute Gasteiger partial charge is 0.161 e. The molecule has 2 aromatic carbocycles. The van der Waals surface area contributed by atoms with Gasteiger partial charge in [0.05, 0.1) is 14.2 Å². The molecule has 0 spiro atoms. The summed E-state index contributed by atoms with van der Waals surface area (Å²) >= 11 is 6.36. The lowest BCUT2D eigenvalue weighted by Crippen LogP contribution is -2.12. The molecule has 0 radical (unpaired) electrons. The fourth-order valence-electron chi connectivity index (χ4n) is 2.20. The highest BCUT2D eigenvalue weighted by molar-refractivity contribution is 6.33. The molecular weight excluding hydrogens is 286 g/mol. The van der Waals surface area contributed by atoms with Gasteiger partial charge in [0.1, 0.15) is 0 Å². The molecule has 0 saturated heterocycles. The lowest BCUT2D eigenvalue weighted by Gasteiger charge is -2.15. The van der Waals surface area contributed by atoms with Gasteiger partial charge in [0.25, 0.3) is 0 Å². The van der Waals surface area contributed by atoms with Crippen molar-refractivity contribution in [2.24, 2.45) is 0 Å². The Morgan fingerprint density at radius 2 is 1.71 bits per heavy atom. The van der Waals surface area contributed by atoms with E-state index in [0.717, 1.165) is 11.1 Å². The average molecular weight is 306 g/mol. The lowest BCUT2D eigenvalue weighted by atomic mass is 9.99. The van der Waals surface area contributed by atoms with Crippen molar-refractivity contribution in [1.29, 1.82) is 0 Å². The average Bonchev–Trinajstić information content (AvgIpc) is 2.53. The summed E-state index contributed by atoms with van der Waals surface area (Å²) in [7, 11) is 5.19. The van der Waals surface area contributed by atoms with Crippen LogP contribution in [0.15, 0.2) is 36.4 Å². The van der Waals surface area contributed by atoms with Gasteiger partial charge in [-0.15, -0.1) is 0 Å². The van der Waals surface area contributed by atoms with Crippen LogP contribution in [0.2, 0.25) is 5.02 Å². The standard InChI is InChI=1S/C17H20ClNO2/c1-11(19-2)12-5-7-15(18)14(9-12)13-6-8-16(20-3)17(10-13)21-4/h5-11,19H,1-4H3. The van der Waals surface area contributed by atoms with E-state index >= 15 is 0 Å². The van der Waals surface area contributed by atoms with Crippen molar-refractivity contribution < 1.29 is 9.47 Å². The third-order valence-electron chi connectivity index (χ3n) is 3.62. The number of benzene rings is 2. The number of ether oxygens (including phenoxy) is 2. The Kier molecular flexibility index (Phi) is 5.10. The van der Waals surface area contributed by atoms with Gasteiger partial charge < -0.3 is 14.8 Å². The fourth-order valence-corrected chi connectivity index (χ4v) is 2.43. The number of hydrogen-bond donors (Lipinski definition) is 1. The minimum absolute atomic E-state index is 0.265. The van der Waals surface area contributed by atoms with E-state index in [1.807, 2.05) is 37.4 Å². The number of hydrogen-bond acceptors (Lipinski definition) is 3. The van der Waals surface area contributed by atoms with Crippen LogP contribution < -0.4 is 14.8 Å². The van der Waals surface area contributed by atoms with Crippen LogP contribution in [0.4, 0.5) is 0 Å². The minimum Gasteiger partial charge on any atom is -0.493 e. The monoisotopic (exact) mass is 305 g/mol. The van der Waals surface area contributed by atoms with Gasteiger partial charge in [-0.05, 0) is 49.4 Å². The largest absolute Gasteiger partial charge is 0.493 e. The van der Waals surface area contributed by atoms with E-state index in [1.54, 1.807) is 14.2 Å². The number of nitrogens with one attached hydrogen (secondary N) is 1. The second-order valence-corrected chi connectivity index (χ2v) is 5.23. The lowest BCUT2D eigenvalue weighted by molar-refractivity contribution is 0.355. The van der Waals surface area contributed by atoms with E-state index in [-0.39, 0.29) is 6.04 Å². The number of halogens is 1. The summed E-state index contributed by atoms with van der Waals surface area (Å²) in [6.45, 7) is 2.11. The molecule has 3 nitrogen and oxygen atoms in total. The Balaban J connectivity index is 2.50. The molecule has 21 heavy (non-hydrogen) atoms. The van der Waals surface area contributed by atoms with Gasteiger partial charge >= 0.3 is 0 Å². The molecule has 2 rings (SSSR count). The molecule has 1 N–H and O–H groups in total. The van der Waals surface area contributed by atoms with Crippen LogP contribution in [-0.2, 0) is 0 Å². The van der Waals surface area contributed by atoms with Crippen LogP contribution in [-0.4, -0.2) is 21.3 Å². The molecule has 0 aliphatic heterocycles. The SMILES string of the molecule is CNC(C)c1ccc(Cl)c(-c2ccc(OC)c(OC)c2)c1. The topological polar surface area (TPSA) is 30.5 Å². The van der Waals surface area contributed by atoms with Gasteiger partial charge in [-0.3, -0.25) is 0 Å². The third-order valence-corrected chi connectivity index (χ3v) is 3.95. The quantitative estimate of drug-likeness (QED) is 0.893. The molecule has 0 fully saturated rings. The predicted octanol–water partition coefficient (Wildman–Crippen LogP) is 4.30. The molecule has 0 saturated carbocycles. The molecule has 0 heterocycles. The molecule has 0 aliphatic carbocycles. The van der Waals surface area contributed by atoms with E-state index in [9.17, 15) is 0 Å². The van der Waals surface area contributed by atoms with Gasteiger partial charge in [0.15, 0.2) is 11.5 Å². The maximum atomic E-state index is 6.36. The molecule has 0 aliphatic rings. The first-order valence-electron chi connectivity index (χ1n) is 6.79. The first kappa shape index (κ1) is 15.7. The van der Waals surface area contributed by atoms with E-state index in [0.29, 0.717) is 16.5 Å². The van der Waals surface area contributed by atoms with Crippen LogP contribution in [0, 0.1) is 0 Å². The van der Waals surface area contributed by atoms with Gasteiger partial charge in [-0.25, -0.2) is 0 Å². The maximum absolute atomic E-state index is 6.36. The Labute approximate surface area is 130 Å². The van der Waals surface area contributed by atoms with Crippen LogP contribution in [0.3, 0.4) is 0 Å². The molecule has 1 unspecified atom stereocenters. The highest BCUT2D eigenvalue weighted by Gasteiger charge is 2.11. The molecule has 0 amide bonds. The predicted molar refractivity (Wildman–Crippen MR) is 87.5 cm³/mol. The Morgan fingerprint density at radius 1 is 1.00 bits per heavy atom. The summed E-state index contributed by atoms with van der Waals surface area (Å²) in [5.41, 5.74) is 3.17. The maximum Gasteiger partial charge on any atom is 0.161 e. The summed E-state index contributed by atoms with van der Waals surface area (Å²) in [6, 6.07) is 12.1. The Morgan fingerprint density at radius 3 is 2.33 bits per heavy atom. The minimum atomic E-state index is 0.265. The Bertz CT molecular complexity index is 628. The van der Waals surface area contributed by atoms with E-state index in [2.05, 4.69) is 18.3 Å². The second-order valence-electron chi connectivity index (χ2n) is 4.82. The van der Waals surface area contributed by atoms with E-state index in [4.69, 9.17) is 21.1 Å². The van der Waals surface area contributed by atoms with Crippen LogP contribution >= 0.6 is 11.6 Å². The summed E-state index contributed by atoms with van der Waals surface area (Å²) in [5.74, 6) is 1.40. The van der Waals surface area contributed by atoms with Crippen molar-refractivity contribution in [2.75, 3.05) is 21.3 Å². The summed E-state index contributed by atoms with van der Waals surface area (Å²) < 4.78 is 10.6. The first-order chi connectivity index (χ1) is 10.1. The van der Waals surface area contributed by atoms with Crippen molar-refractivity contribution in [3.63, 3.8) is 0 Å². The normalized spacial score (nSPS) is 12.0. The van der Waals surface area contributed by atoms with Crippen molar-refractivity contribution in [3.8, 4) is 22.6 Å². The summed E-state index contributed by atoms with van der Waals surface area (Å²) in [6.07, 6.45) is 0. The Hall–Kier alpha value is -1.71. The molecule has 0 aromatic heterocycles. The van der Waals surface area contributed by atoms with Crippen LogP contribution in [0.5, 0.6) is 11.5 Å². The molecule has 112 valence electrons. The zero-order chi connectivity index (χ0) is 15.4. The molecule has 4 heteroatoms. The third kappa shape index (κ3) is 3.31. The molecule has 0 bridgehead atoms. The highest BCUT2D eigenvalue weighted by Crippen LogP contribution is 2.36. The molecule has 1 atom stereocenters. The molecule has 2 aromatic rings. The van der Waals surface area contributed by atoms with Crippen molar-refractivity contribution in [2.45, 2.75) is 13.0 Å². The van der Waals surface area contributed by atoms with Crippen molar-refractivity contribution in [1.82, 2.24) is 5.32 Å². The van der Waals surface area contributed by atoms with Crippen molar-refractivity contribution in [3.05, 3.63) is 47.0 Å². The van der Waals surface area contributed by atoms with E-state index < -0.39 is 0 Å². The van der Waals surface area contributed by atoms with Crippen LogP contribution in [0.25, 0.3) is 11.1 Å². The second kappa shape index (κ2) is 6.83. The van der Waals surface area contributed by atoms with Gasteiger partial charge in [-0.1, -0.05) is 23.7 Å². The number of methoxy groups -OCH3 is 2. The zero-order valence-corrected chi connectivity index (χ0v) is 13.5. The summed E-state index contributed by atoms with van der Waals surface area (Å²) in [4.78, 5) is 0. The van der Waals surface area contributed by atoms with Crippen molar-refractivity contribution >= 4 is 11.6 Å². The van der Waals surface area contributed by atoms with Crippen LogP contribution in [0.1, 0.15) is 18.5 Å². The molecular formula is C17H20ClNO2. The van der Waals surface area contributed by atoms with Gasteiger partial charge in [0.2, 0.25) is 0 Å². The fraction of sp³-hybridized carbons (Fsp3) is 0.294. The summed E-state index contributed by atoms with van der Waals surface area (Å²) in [5, 5.41) is 3.95. The highest BCUT2D eigenvalue weighted by atomic mass is 35.5. The van der Waals surface area contributed by atoms with Gasteiger partial charge in [0, 0.05) is 16.6 Å². The van der Waals surface area contributed by atoms with E-state index in [1.165, 1.54) is 5.56 Å². The first-order valence-corrected chi connectivity index (χ1v) is 7.17. The van der Waals surface area contributed by atoms with Gasteiger partial charge in [-0.2, -0.15) is 0 Å².